The van der Waals surface area contributed by atoms with Gasteiger partial charge in [-0.05, 0) is 31.0 Å². The van der Waals surface area contributed by atoms with Gasteiger partial charge in [-0.3, -0.25) is 0 Å². The highest BCUT2D eigenvalue weighted by molar-refractivity contribution is 8.13. The number of sulfonamides is 2. The molecule has 0 saturated heterocycles. The fourth-order valence-electron chi connectivity index (χ4n) is 3.21. The molecule has 0 aliphatic carbocycles. The maximum atomic E-state index is 11.4. The quantitative estimate of drug-likeness (QED) is 0.0878. The maximum absolute atomic E-state index is 11.4. The summed E-state index contributed by atoms with van der Waals surface area (Å²) in [5, 5.41) is 0. The van der Waals surface area contributed by atoms with Crippen molar-refractivity contribution < 1.29 is 52.1 Å². The van der Waals surface area contributed by atoms with Crippen molar-refractivity contribution in [1.29, 1.82) is 0 Å². The summed E-state index contributed by atoms with van der Waals surface area (Å²) in [5.74, 6) is 0. The Kier molecular flexibility index (Phi) is 16.6. The molecule has 0 bridgehead atoms. The molecule has 0 aromatic heterocycles. The number of rotatable bonds is 16. The zero-order chi connectivity index (χ0) is 28.9. The van der Waals surface area contributed by atoms with E-state index in [1.165, 1.54) is 69.7 Å². The molecule has 7 nitrogen and oxygen atoms in total. The van der Waals surface area contributed by atoms with Gasteiger partial charge in [-0.2, -0.15) is 26.3 Å². The second-order valence-corrected chi connectivity index (χ2v) is 17.4. The molecule has 16 heteroatoms. The highest BCUT2D eigenvalue weighted by Gasteiger charge is 2.47. The van der Waals surface area contributed by atoms with Gasteiger partial charge in [0.1, 0.15) is 6.54 Å². The van der Waals surface area contributed by atoms with Crippen LogP contribution in [0.25, 0.3) is 4.13 Å². The third-order valence-corrected chi connectivity index (χ3v) is 13.4. The van der Waals surface area contributed by atoms with E-state index in [4.69, 9.17) is 4.43 Å². The van der Waals surface area contributed by atoms with E-state index in [1.807, 2.05) is 0 Å². The number of quaternary nitrogens is 1. The van der Waals surface area contributed by atoms with Crippen molar-refractivity contribution in [2.75, 3.05) is 33.8 Å². The van der Waals surface area contributed by atoms with Crippen LogP contribution in [0.15, 0.2) is 0 Å². The van der Waals surface area contributed by atoms with E-state index in [-0.39, 0.29) is 0 Å². The van der Waals surface area contributed by atoms with Crippen LogP contribution in [0.2, 0.25) is 18.1 Å². The van der Waals surface area contributed by atoms with E-state index >= 15 is 0 Å². The predicted molar refractivity (Wildman–Crippen MR) is 132 cm³/mol. The third-order valence-electron chi connectivity index (χ3n) is 5.94. The highest BCUT2D eigenvalue weighted by Crippen LogP contribution is 2.36. The first-order chi connectivity index (χ1) is 16.2. The van der Waals surface area contributed by atoms with Crippen molar-refractivity contribution in [2.24, 2.45) is 0 Å². The first-order valence-corrected chi connectivity index (χ1v) is 17.4. The average molecular weight is 597 g/mol. The molecule has 220 valence electrons. The van der Waals surface area contributed by atoms with Gasteiger partial charge in [0, 0.05) is 0 Å². The van der Waals surface area contributed by atoms with E-state index < -0.39 is 39.4 Å². The minimum absolute atomic E-state index is 0.778. The molecule has 0 atom stereocenters. The first kappa shape index (κ1) is 37.7. The number of halogens is 6. The van der Waals surface area contributed by atoms with Crippen molar-refractivity contribution >= 4 is 28.4 Å². The molecule has 0 rings (SSSR count). The van der Waals surface area contributed by atoms with Gasteiger partial charge in [0.05, 0.1) is 27.2 Å². The monoisotopic (exact) mass is 596 g/mol. The van der Waals surface area contributed by atoms with Gasteiger partial charge in [-0.1, -0.05) is 53.4 Å². The molecule has 0 fully saturated rings. The second kappa shape index (κ2) is 15.9. The van der Waals surface area contributed by atoms with Crippen molar-refractivity contribution in [3.05, 3.63) is 4.13 Å². The van der Waals surface area contributed by atoms with Gasteiger partial charge in [-0.25, -0.2) is 16.8 Å². The molecule has 0 heterocycles. The van der Waals surface area contributed by atoms with Gasteiger partial charge in [0.2, 0.25) is 0 Å². The number of hydrogen-bond donors (Lipinski definition) is 0. The molecule has 0 aromatic carbocycles. The second-order valence-electron chi connectivity index (χ2n) is 9.16. The molecule has 0 radical (unpaired) electrons. The summed E-state index contributed by atoms with van der Waals surface area (Å²) in [6.45, 7) is 12.7. The Bertz CT molecular complexity index is 765. The van der Waals surface area contributed by atoms with Gasteiger partial charge >= 0.3 is 11.0 Å². The van der Waals surface area contributed by atoms with Gasteiger partial charge < -0.3 is 13.0 Å². The third kappa shape index (κ3) is 14.5. The first-order valence-electron chi connectivity index (χ1n) is 12.0. The summed E-state index contributed by atoms with van der Waals surface area (Å²) in [5.41, 5.74) is -12.4. The summed E-state index contributed by atoms with van der Waals surface area (Å²) < 4.78 is 117. The Morgan fingerprint density at radius 3 is 1.44 bits per heavy atom. The van der Waals surface area contributed by atoms with Crippen molar-refractivity contribution in [3.63, 3.8) is 0 Å². The molecule has 0 aliphatic heterocycles. The fourth-order valence-corrected chi connectivity index (χ4v) is 7.56. The summed E-state index contributed by atoms with van der Waals surface area (Å²) in [6.07, 6.45) is 8.36. The average Bonchev–Trinajstić information content (AvgIpc) is 2.72. The van der Waals surface area contributed by atoms with Gasteiger partial charge in [0.25, 0.3) is 0 Å². The summed E-state index contributed by atoms with van der Waals surface area (Å²) >= 11 is 0. The SMILES string of the molecule is CCCCCCCC[N+](C)(C)CCO[Si](CC)(CC)CC.O=S(=O)([N-]S(=O)(=O)C(F)(F)F)C(F)(F)F. The van der Waals surface area contributed by atoms with Crippen molar-refractivity contribution in [3.8, 4) is 0 Å². The fraction of sp³-hybridized carbons (Fsp3) is 1.00. The maximum Gasteiger partial charge on any atom is 0.480 e. The molecule has 0 aromatic rings. The minimum atomic E-state index is -6.72. The molecule has 0 spiro atoms. The molecule has 0 N–H and O–H groups in total. The van der Waals surface area contributed by atoms with Crippen LogP contribution in [0.1, 0.15) is 66.2 Å². The molecule has 0 aliphatic rings. The van der Waals surface area contributed by atoms with E-state index in [0.29, 0.717) is 0 Å². The number of alkyl halides is 6. The summed E-state index contributed by atoms with van der Waals surface area (Å²) in [4.78, 5) is 0. The smallest absolute Gasteiger partial charge is 0.421 e. The van der Waals surface area contributed by atoms with Crippen molar-refractivity contribution in [2.45, 2.75) is 95.4 Å². The summed E-state index contributed by atoms with van der Waals surface area (Å²) in [7, 11) is -10.1. The normalized spacial score (nSPS) is 13.9. The molecule has 0 saturated carbocycles. The Morgan fingerprint density at radius 2 is 1.08 bits per heavy atom. The van der Waals surface area contributed by atoms with E-state index in [9.17, 15) is 43.2 Å². The highest BCUT2D eigenvalue weighted by atomic mass is 32.3. The zero-order valence-corrected chi connectivity index (χ0v) is 24.6. The number of nitrogens with zero attached hydrogens (tertiary/aromatic N) is 2. The molecular formula is C20H42F6N2O5S2Si. The topological polar surface area (TPSA) is 91.6 Å². The Morgan fingerprint density at radius 1 is 0.694 bits per heavy atom. The van der Waals surface area contributed by atoms with Crippen LogP contribution in [0.5, 0.6) is 0 Å². The van der Waals surface area contributed by atoms with Crippen LogP contribution in [0.4, 0.5) is 26.3 Å². The molecule has 36 heavy (non-hydrogen) atoms. The Balaban J connectivity index is 0. The lowest BCUT2D eigenvalue weighted by Crippen LogP contribution is -2.45. The van der Waals surface area contributed by atoms with Crippen LogP contribution in [0.3, 0.4) is 0 Å². The van der Waals surface area contributed by atoms with Crippen LogP contribution in [-0.4, -0.2) is 74.4 Å². The van der Waals surface area contributed by atoms with Crippen molar-refractivity contribution in [1.82, 2.24) is 0 Å². The largest absolute Gasteiger partial charge is 0.480 e. The zero-order valence-electron chi connectivity index (χ0n) is 22.0. The van der Waals surface area contributed by atoms with Crippen LogP contribution in [0, 0.1) is 0 Å². The van der Waals surface area contributed by atoms with Crippen LogP contribution < -0.4 is 0 Å². The lowest BCUT2D eigenvalue weighted by atomic mass is 10.1. The standard InChI is InChI=1S/C18H42NOSi.C2F6NO4S2/c1-7-11-12-13-14-15-16-19(5,6)17-18-20-21(8-2,9-3)10-4;3-1(4,5)14(10,11)9-15(12,13)2(6,7)8/h7-18H2,1-6H3;/q+1;-1. The van der Waals surface area contributed by atoms with E-state index in [2.05, 4.69) is 41.8 Å². The minimum Gasteiger partial charge on any atom is -0.421 e. The van der Waals surface area contributed by atoms with E-state index in [0.717, 1.165) is 15.2 Å². The number of likely N-dealkylation sites (N-methyl/N-ethyl adjacent to an activating group) is 1. The number of unbranched alkanes of at least 4 members (excludes halogenated alkanes) is 5. The van der Waals surface area contributed by atoms with Crippen LogP contribution >= 0.6 is 0 Å². The summed E-state index contributed by atoms with van der Waals surface area (Å²) in [6, 6.07) is 3.81. The van der Waals surface area contributed by atoms with E-state index in [1.54, 1.807) is 0 Å². The lowest BCUT2D eigenvalue weighted by Gasteiger charge is -2.33. The Hall–Kier alpha value is -0.423. The molecule has 0 unspecified atom stereocenters. The number of hydrogen-bond acceptors (Lipinski definition) is 5. The van der Waals surface area contributed by atoms with Gasteiger partial charge in [-0.15, -0.1) is 0 Å². The van der Waals surface area contributed by atoms with Crippen LogP contribution in [-0.2, 0) is 24.5 Å². The molecular weight excluding hydrogens is 554 g/mol. The van der Waals surface area contributed by atoms with Gasteiger partial charge in [0.15, 0.2) is 28.4 Å². The Labute approximate surface area is 213 Å². The molecule has 0 amide bonds. The lowest BCUT2D eigenvalue weighted by molar-refractivity contribution is -0.890. The predicted octanol–water partition coefficient (Wildman–Crippen LogP) is 6.50.